The second-order valence-electron chi connectivity index (χ2n) is 8.42. The molecule has 0 bridgehead atoms. The zero-order valence-corrected chi connectivity index (χ0v) is 16.9. The fourth-order valence-electron chi connectivity index (χ4n) is 3.10. The van der Waals surface area contributed by atoms with Crippen LogP contribution in [-0.2, 0) is 26.7 Å². The summed E-state index contributed by atoms with van der Waals surface area (Å²) in [6.07, 6.45) is 1.65. The molecule has 0 spiro atoms. The number of sulfonamides is 1. The Balaban J connectivity index is 2.05. The third kappa shape index (κ3) is 3.56. The third-order valence-electron chi connectivity index (χ3n) is 4.53. The van der Waals surface area contributed by atoms with E-state index in [0.29, 0.717) is 18.8 Å². The van der Waals surface area contributed by atoms with Gasteiger partial charge in [-0.3, -0.25) is 4.68 Å². The fraction of sp³-hybridized carbons (Fsp3) is 0.526. The number of benzene rings is 1. The summed E-state index contributed by atoms with van der Waals surface area (Å²) < 4.78 is 35.3. The first-order valence-electron chi connectivity index (χ1n) is 8.74. The van der Waals surface area contributed by atoms with E-state index in [-0.39, 0.29) is 11.6 Å². The number of aromatic nitrogens is 2. The summed E-state index contributed by atoms with van der Waals surface area (Å²) in [6.45, 7) is 10.7. The molecule has 0 radical (unpaired) electrons. The van der Waals surface area contributed by atoms with Crippen LogP contribution in [0.25, 0.3) is 0 Å². The summed E-state index contributed by atoms with van der Waals surface area (Å²) in [5.74, 6) is 0. The highest BCUT2D eigenvalue weighted by molar-refractivity contribution is 7.89. The SMILES string of the molecule is CC(C)(C)c1nn(Cc2ccccc2)cc1S(=O)(=O)N1COCC1(C)C. The van der Waals surface area contributed by atoms with E-state index < -0.39 is 21.0 Å². The molecule has 0 unspecified atom stereocenters. The summed E-state index contributed by atoms with van der Waals surface area (Å²) in [7, 11) is -3.71. The Hall–Kier alpha value is -1.70. The van der Waals surface area contributed by atoms with Crippen LogP contribution >= 0.6 is 0 Å². The lowest BCUT2D eigenvalue weighted by molar-refractivity contribution is 0.171. The molecule has 6 nitrogen and oxygen atoms in total. The van der Waals surface area contributed by atoms with Crippen molar-refractivity contribution in [3.63, 3.8) is 0 Å². The average molecular weight is 378 g/mol. The molecule has 26 heavy (non-hydrogen) atoms. The molecule has 0 N–H and O–H groups in total. The predicted octanol–water partition coefficient (Wildman–Crippen LogP) is 2.99. The Morgan fingerprint density at radius 1 is 1.19 bits per heavy atom. The van der Waals surface area contributed by atoms with E-state index in [1.54, 1.807) is 10.9 Å². The standard InChI is InChI=1S/C19H27N3O3S/c1-18(2,3)17-16(26(23,24)22-14-25-13-19(22,4)5)12-21(20-17)11-15-9-7-6-8-10-15/h6-10,12H,11,13-14H2,1-5H3. The first kappa shape index (κ1) is 19.1. The van der Waals surface area contributed by atoms with Crippen molar-refractivity contribution in [3.05, 3.63) is 47.8 Å². The maximum atomic E-state index is 13.4. The van der Waals surface area contributed by atoms with Gasteiger partial charge in [0.15, 0.2) is 0 Å². The van der Waals surface area contributed by atoms with Crippen molar-refractivity contribution in [2.75, 3.05) is 13.3 Å². The molecule has 0 amide bonds. The minimum Gasteiger partial charge on any atom is -0.363 e. The maximum absolute atomic E-state index is 13.4. The summed E-state index contributed by atoms with van der Waals surface area (Å²) in [5, 5.41) is 4.63. The highest BCUT2D eigenvalue weighted by Gasteiger charge is 2.44. The highest BCUT2D eigenvalue weighted by Crippen LogP contribution is 2.34. The number of hydrogen-bond acceptors (Lipinski definition) is 4. The average Bonchev–Trinajstić information content (AvgIpc) is 3.12. The van der Waals surface area contributed by atoms with Gasteiger partial charge in [-0.1, -0.05) is 51.1 Å². The van der Waals surface area contributed by atoms with Gasteiger partial charge in [0.25, 0.3) is 0 Å². The van der Waals surface area contributed by atoms with Crippen molar-refractivity contribution in [2.24, 2.45) is 0 Å². The first-order chi connectivity index (χ1) is 12.0. The third-order valence-corrected chi connectivity index (χ3v) is 6.57. The van der Waals surface area contributed by atoms with Crippen LogP contribution in [0.4, 0.5) is 0 Å². The molecule has 0 atom stereocenters. The van der Waals surface area contributed by atoms with Crippen molar-refractivity contribution >= 4 is 10.0 Å². The van der Waals surface area contributed by atoms with Crippen molar-refractivity contribution in [2.45, 2.75) is 57.0 Å². The predicted molar refractivity (Wildman–Crippen MR) is 100 cm³/mol. The Labute approximate surface area is 155 Å². The van der Waals surface area contributed by atoms with Crippen LogP contribution in [0.15, 0.2) is 41.4 Å². The van der Waals surface area contributed by atoms with Gasteiger partial charge in [0.2, 0.25) is 10.0 Å². The van der Waals surface area contributed by atoms with Gasteiger partial charge in [-0.05, 0) is 19.4 Å². The molecule has 7 heteroatoms. The van der Waals surface area contributed by atoms with Crippen LogP contribution < -0.4 is 0 Å². The van der Waals surface area contributed by atoms with Gasteiger partial charge in [0.1, 0.15) is 11.6 Å². The van der Waals surface area contributed by atoms with Crippen LogP contribution in [0.1, 0.15) is 45.9 Å². The van der Waals surface area contributed by atoms with Gasteiger partial charge < -0.3 is 4.74 Å². The first-order valence-corrected chi connectivity index (χ1v) is 10.2. The molecular formula is C19H27N3O3S. The Morgan fingerprint density at radius 2 is 1.85 bits per heavy atom. The van der Waals surface area contributed by atoms with Crippen LogP contribution in [-0.4, -0.2) is 41.4 Å². The molecule has 0 saturated carbocycles. The van der Waals surface area contributed by atoms with Gasteiger partial charge >= 0.3 is 0 Å². The molecule has 1 aliphatic heterocycles. The summed E-state index contributed by atoms with van der Waals surface area (Å²) in [5.41, 5.74) is 0.685. The number of ether oxygens (including phenoxy) is 1. The Bertz CT molecular complexity index is 880. The molecule has 1 saturated heterocycles. The molecule has 1 aromatic carbocycles. The van der Waals surface area contributed by atoms with Gasteiger partial charge in [0.05, 0.1) is 24.4 Å². The summed E-state index contributed by atoms with van der Waals surface area (Å²) in [4.78, 5) is 0.263. The quantitative estimate of drug-likeness (QED) is 0.822. The Kier molecular flexibility index (Phi) is 4.75. The van der Waals surface area contributed by atoms with Crippen molar-refractivity contribution < 1.29 is 13.2 Å². The van der Waals surface area contributed by atoms with Crippen LogP contribution in [0.3, 0.4) is 0 Å². The summed E-state index contributed by atoms with van der Waals surface area (Å²) in [6, 6.07) is 9.89. The van der Waals surface area contributed by atoms with Crippen LogP contribution in [0.5, 0.6) is 0 Å². The number of rotatable bonds is 4. The zero-order chi connectivity index (χ0) is 19.2. The molecule has 1 aliphatic rings. The minimum atomic E-state index is -3.71. The van der Waals surface area contributed by atoms with Gasteiger partial charge in [-0.2, -0.15) is 9.40 Å². The van der Waals surface area contributed by atoms with E-state index in [2.05, 4.69) is 5.10 Å². The smallest absolute Gasteiger partial charge is 0.249 e. The van der Waals surface area contributed by atoms with E-state index >= 15 is 0 Å². The lowest BCUT2D eigenvalue weighted by Gasteiger charge is -2.29. The van der Waals surface area contributed by atoms with E-state index in [9.17, 15) is 8.42 Å². The van der Waals surface area contributed by atoms with Gasteiger partial charge in [0, 0.05) is 11.6 Å². The molecule has 3 rings (SSSR count). The molecule has 2 aromatic rings. The maximum Gasteiger partial charge on any atom is 0.249 e. The van der Waals surface area contributed by atoms with Gasteiger partial charge in [-0.25, -0.2) is 8.42 Å². The van der Waals surface area contributed by atoms with Crippen molar-refractivity contribution in [1.29, 1.82) is 0 Å². The number of nitrogens with zero attached hydrogens (tertiary/aromatic N) is 3. The van der Waals surface area contributed by atoms with Crippen molar-refractivity contribution in [3.8, 4) is 0 Å². The minimum absolute atomic E-state index is 0.0722. The lowest BCUT2D eigenvalue weighted by Crippen LogP contribution is -2.44. The second kappa shape index (κ2) is 6.48. The lowest BCUT2D eigenvalue weighted by atomic mass is 9.92. The molecule has 2 heterocycles. The van der Waals surface area contributed by atoms with Crippen molar-refractivity contribution in [1.82, 2.24) is 14.1 Å². The van der Waals surface area contributed by atoms with E-state index in [4.69, 9.17) is 4.74 Å². The second-order valence-corrected chi connectivity index (χ2v) is 10.2. The molecule has 1 aromatic heterocycles. The van der Waals surface area contributed by atoms with Gasteiger partial charge in [-0.15, -0.1) is 0 Å². The fourth-order valence-corrected chi connectivity index (χ4v) is 5.10. The summed E-state index contributed by atoms with van der Waals surface area (Å²) >= 11 is 0. The van der Waals surface area contributed by atoms with Crippen LogP contribution in [0.2, 0.25) is 0 Å². The largest absolute Gasteiger partial charge is 0.363 e. The molecule has 1 fully saturated rings. The van der Waals surface area contributed by atoms with Crippen LogP contribution in [0, 0.1) is 0 Å². The highest BCUT2D eigenvalue weighted by atomic mass is 32.2. The van der Waals surface area contributed by atoms with E-state index in [1.165, 1.54) is 4.31 Å². The normalized spacial score (nSPS) is 18.3. The van der Waals surface area contributed by atoms with E-state index in [1.807, 2.05) is 65.0 Å². The monoisotopic (exact) mass is 377 g/mol. The Morgan fingerprint density at radius 3 is 2.38 bits per heavy atom. The zero-order valence-electron chi connectivity index (χ0n) is 16.1. The molecule has 0 aliphatic carbocycles. The molecule has 142 valence electrons. The number of hydrogen-bond donors (Lipinski definition) is 0. The van der Waals surface area contributed by atoms with E-state index in [0.717, 1.165) is 5.56 Å². The molecular weight excluding hydrogens is 350 g/mol. The topological polar surface area (TPSA) is 64.4 Å².